The fourth-order valence-electron chi connectivity index (χ4n) is 1.83. The first-order valence-electron chi connectivity index (χ1n) is 5.90. The van der Waals surface area contributed by atoms with Crippen molar-refractivity contribution in [1.82, 2.24) is 10.2 Å². The molecule has 0 aromatic carbocycles. The summed E-state index contributed by atoms with van der Waals surface area (Å²) in [5.41, 5.74) is 0. The molecule has 1 unspecified atom stereocenters. The molecular formula is C11H23ClN2. The molecule has 0 saturated carbocycles. The van der Waals surface area contributed by atoms with Crippen LogP contribution in [0.15, 0.2) is 0 Å². The van der Waals surface area contributed by atoms with Gasteiger partial charge in [-0.25, -0.2) is 0 Å². The highest BCUT2D eigenvalue weighted by Gasteiger charge is 2.09. The molecule has 0 aliphatic carbocycles. The third-order valence-electron chi connectivity index (χ3n) is 2.88. The number of rotatable bonds is 7. The lowest BCUT2D eigenvalue weighted by atomic mass is 10.2. The zero-order chi connectivity index (χ0) is 10.2. The van der Waals surface area contributed by atoms with Gasteiger partial charge in [0.2, 0.25) is 0 Å². The standard InChI is InChI=1S/C11H23ClN2/c1-2-11(12)5-6-13-7-10-14-8-3-4-9-14/h11,13H,2-10H2,1H3. The smallest absolute Gasteiger partial charge is 0.0345 e. The van der Waals surface area contributed by atoms with Crippen molar-refractivity contribution in [2.24, 2.45) is 0 Å². The maximum Gasteiger partial charge on any atom is 0.0345 e. The average molecular weight is 219 g/mol. The summed E-state index contributed by atoms with van der Waals surface area (Å²) >= 11 is 6.02. The quantitative estimate of drug-likeness (QED) is 0.520. The molecule has 1 saturated heterocycles. The predicted molar refractivity (Wildman–Crippen MR) is 63.1 cm³/mol. The Labute approximate surface area is 93.0 Å². The second-order valence-corrected chi connectivity index (χ2v) is 4.71. The molecule has 0 bridgehead atoms. The van der Waals surface area contributed by atoms with Crippen molar-refractivity contribution >= 4 is 11.6 Å². The van der Waals surface area contributed by atoms with E-state index in [0.29, 0.717) is 5.38 Å². The number of nitrogens with zero attached hydrogens (tertiary/aromatic N) is 1. The highest BCUT2D eigenvalue weighted by Crippen LogP contribution is 2.06. The molecule has 84 valence electrons. The summed E-state index contributed by atoms with van der Waals surface area (Å²) in [5, 5.41) is 3.81. The molecular weight excluding hydrogens is 196 g/mol. The first-order chi connectivity index (χ1) is 6.83. The minimum atomic E-state index is 0.356. The molecule has 1 rings (SSSR count). The molecule has 3 heteroatoms. The van der Waals surface area contributed by atoms with Crippen LogP contribution in [0, 0.1) is 0 Å². The Hall–Kier alpha value is 0.210. The molecule has 1 aliphatic rings. The maximum absolute atomic E-state index is 6.02. The van der Waals surface area contributed by atoms with E-state index >= 15 is 0 Å². The lowest BCUT2D eigenvalue weighted by Gasteiger charge is -2.15. The normalized spacial score (nSPS) is 20.1. The highest BCUT2D eigenvalue weighted by molar-refractivity contribution is 6.20. The Morgan fingerprint density at radius 3 is 2.64 bits per heavy atom. The van der Waals surface area contributed by atoms with Gasteiger partial charge in [0.15, 0.2) is 0 Å². The van der Waals surface area contributed by atoms with Crippen LogP contribution in [0.4, 0.5) is 0 Å². The Morgan fingerprint density at radius 2 is 2.00 bits per heavy atom. The van der Waals surface area contributed by atoms with E-state index in [0.717, 1.165) is 25.9 Å². The van der Waals surface area contributed by atoms with Crippen LogP contribution in [0.1, 0.15) is 32.6 Å². The molecule has 14 heavy (non-hydrogen) atoms. The van der Waals surface area contributed by atoms with Crippen LogP contribution < -0.4 is 5.32 Å². The van der Waals surface area contributed by atoms with Crippen molar-refractivity contribution in [2.75, 3.05) is 32.7 Å². The number of nitrogens with one attached hydrogen (secondary N) is 1. The molecule has 0 aromatic rings. The molecule has 1 N–H and O–H groups in total. The van der Waals surface area contributed by atoms with Crippen LogP contribution in [0.3, 0.4) is 0 Å². The van der Waals surface area contributed by atoms with Gasteiger partial charge in [0.1, 0.15) is 0 Å². The second-order valence-electron chi connectivity index (χ2n) is 4.09. The molecule has 0 radical (unpaired) electrons. The average Bonchev–Trinajstić information content (AvgIpc) is 2.69. The molecule has 0 spiro atoms. The monoisotopic (exact) mass is 218 g/mol. The van der Waals surface area contributed by atoms with E-state index in [4.69, 9.17) is 11.6 Å². The Kier molecular flexibility index (Phi) is 6.57. The van der Waals surface area contributed by atoms with E-state index in [1.54, 1.807) is 0 Å². The summed E-state index contributed by atoms with van der Waals surface area (Å²) in [7, 11) is 0. The third-order valence-corrected chi connectivity index (χ3v) is 3.41. The Balaban J connectivity index is 1.84. The fourth-order valence-corrected chi connectivity index (χ4v) is 1.94. The number of hydrogen-bond acceptors (Lipinski definition) is 2. The van der Waals surface area contributed by atoms with E-state index in [2.05, 4.69) is 17.1 Å². The summed E-state index contributed by atoms with van der Waals surface area (Å²) in [5.74, 6) is 0. The summed E-state index contributed by atoms with van der Waals surface area (Å²) in [6.45, 7) is 8.13. The lowest BCUT2D eigenvalue weighted by Crippen LogP contribution is -2.31. The van der Waals surface area contributed by atoms with Gasteiger partial charge >= 0.3 is 0 Å². The summed E-state index contributed by atoms with van der Waals surface area (Å²) < 4.78 is 0. The zero-order valence-electron chi connectivity index (χ0n) is 9.27. The molecule has 1 aliphatic heterocycles. The van der Waals surface area contributed by atoms with Crippen molar-refractivity contribution in [2.45, 2.75) is 38.0 Å². The van der Waals surface area contributed by atoms with Gasteiger partial charge in [-0.3, -0.25) is 0 Å². The first kappa shape index (κ1) is 12.3. The summed E-state index contributed by atoms with van der Waals surface area (Å²) in [6, 6.07) is 0. The number of likely N-dealkylation sites (tertiary alicyclic amines) is 1. The maximum atomic E-state index is 6.02. The van der Waals surface area contributed by atoms with Gasteiger partial charge in [-0.1, -0.05) is 6.92 Å². The minimum absolute atomic E-state index is 0.356. The van der Waals surface area contributed by atoms with Gasteiger partial charge in [-0.15, -0.1) is 11.6 Å². The van der Waals surface area contributed by atoms with E-state index in [1.165, 1.54) is 32.5 Å². The molecule has 0 amide bonds. The van der Waals surface area contributed by atoms with Crippen molar-refractivity contribution in [3.05, 3.63) is 0 Å². The summed E-state index contributed by atoms with van der Waals surface area (Å²) in [6.07, 6.45) is 4.95. The van der Waals surface area contributed by atoms with Gasteiger partial charge in [-0.05, 0) is 45.3 Å². The van der Waals surface area contributed by atoms with Crippen LogP contribution in [0.5, 0.6) is 0 Å². The van der Waals surface area contributed by atoms with Crippen molar-refractivity contribution in [3.8, 4) is 0 Å². The second kappa shape index (κ2) is 7.49. The van der Waals surface area contributed by atoms with E-state index in [1.807, 2.05) is 0 Å². The Morgan fingerprint density at radius 1 is 1.29 bits per heavy atom. The predicted octanol–water partition coefficient (Wildman–Crippen LogP) is 2.08. The minimum Gasteiger partial charge on any atom is -0.315 e. The first-order valence-corrected chi connectivity index (χ1v) is 6.33. The largest absolute Gasteiger partial charge is 0.315 e. The van der Waals surface area contributed by atoms with Crippen molar-refractivity contribution < 1.29 is 0 Å². The lowest BCUT2D eigenvalue weighted by molar-refractivity contribution is 0.335. The highest BCUT2D eigenvalue weighted by atomic mass is 35.5. The van der Waals surface area contributed by atoms with Crippen LogP contribution in [0.25, 0.3) is 0 Å². The topological polar surface area (TPSA) is 15.3 Å². The fraction of sp³-hybridized carbons (Fsp3) is 1.00. The van der Waals surface area contributed by atoms with E-state index < -0.39 is 0 Å². The van der Waals surface area contributed by atoms with Crippen LogP contribution in [-0.4, -0.2) is 43.0 Å². The van der Waals surface area contributed by atoms with Gasteiger partial charge in [0, 0.05) is 18.5 Å². The van der Waals surface area contributed by atoms with Crippen molar-refractivity contribution in [3.63, 3.8) is 0 Å². The van der Waals surface area contributed by atoms with Crippen LogP contribution in [-0.2, 0) is 0 Å². The van der Waals surface area contributed by atoms with Gasteiger partial charge < -0.3 is 10.2 Å². The van der Waals surface area contributed by atoms with Crippen LogP contribution in [0.2, 0.25) is 0 Å². The van der Waals surface area contributed by atoms with Crippen molar-refractivity contribution in [1.29, 1.82) is 0 Å². The molecule has 1 fully saturated rings. The number of halogens is 1. The van der Waals surface area contributed by atoms with Gasteiger partial charge in [0.25, 0.3) is 0 Å². The van der Waals surface area contributed by atoms with E-state index in [9.17, 15) is 0 Å². The zero-order valence-corrected chi connectivity index (χ0v) is 10.0. The van der Waals surface area contributed by atoms with Gasteiger partial charge in [0.05, 0.1) is 0 Å². The third kappa shape index (κ3) is 5.18. The Bertz CT molecular complexity index is 135. The number of hydrogen-bond donors (Lipinski definition) is 1. The number of alkyl halides is 1. The molecule has 1 heterocycles. The summed E-state index contributed by atoms with van der Waals surface area (Å²) in [4.78, 5) is 2.53. The van der Waals surface area contributed by atoms with Gasteiger partial charge in [-0.2, -0.15) is 0 Å². The van der Waals surface area contributed by atoms with Crippen LogP contribution >= 0.6 is 11.6 Å². The van der Waals surface area contributed by atoms with E-state index in [-0.39, 0.29) is 0 Å². The SMILES string of the molecule is CCC(Cl)CCNCCN1CCCC1. The molecule has 1 atom stereocenters. The molecule has 2 nitrogen and oxygen atoms in total. The molecule has 0 aromatic heterocycles.